The Bertz CT molecular complexity index is 450. The molecule has 0 fully saturated rings. The highest BCUT2D eigenvalue weighted by Gasteiger charge is 2.15. The maximum absolute atomic E-state index is 11.9. The van der Waals surface area contributed by atoms with E-state index in [1.807, 2.05) is 20.8 Å². The van der Waals surface area contributed by atoms with E-state index < -0.39 is 0 Å². The summed E-state index contributed by atoms with van der Waals surface area (Å²) < 4.78 is 0. The van der Waals surface area contributed by atoms with Crippen LogP contribution in [0.3, 0.4) is 0 Å². The lowest BCUT2D eigenvalue weighted by Crippen LogP contribution is -2.40. The Hall–Kier alpha value is -1.55. The highest BCUT2D eigenvalue weighted by molar-refractivity contribution is 6.19. The van der Waals surface area contributed by atoms with Crippen LogP contribution >= 0.6 is 11.6 Å². The largest absolute Gasteiger partial charge is 0.347 e. The third-order valence-electron chi connectivity index (χ3n) is 2.24. The van der Waals surface area contributed by atoms with Crippen LogP contribution in [0.2, 0.25) is 0 Å². The van der Waals surface area contributed by atoms with E-state index >= 15 is 0 Å². The molecule has 0 aliphatic heterocycles. The summed E-state index contributed by atoms with van der Waals surface area (Å²) >= 11 is 5.48. The zero-order chi connectivity index (χ0) is 14.5. The Labute approximate surface area is 118 Å². The number of alkyl halides is 1. The summed E-state index contributed by atoms with van der Waals surface area (Å²) in [6, 6.07) is 6.75. The van der Waals surface area contributed by atoms with Gasteiger partial charge in [-0.25, -0.2) is 0 Å². The van der Waals surface area contributed by atoms with Crippen LogP contribution in [0.25, 0.3) is 0 Å². The number of carbonyl (C=O) groups excluding carboxylic acids is 2. The monoisotopic (exact) mass is 282 g/mol. The summed E-state index contributed by atoms with van der Waals surface area (Å²) in [5.41, 5.74) is 0.942. The van der Waals surface area contributed by atoms with Crippen LogP contribution < -0.4 is 10.6 Å². The zero-order valence-corrected chi connectivity index (χ0v) is 12.2. The van der Waals surface area contributed by atoms with Gasteiger partial charge in [-0.1, -0.05) is 0 Å². The number of rotatable bonds is 4. The van der Waals surface area contributed by atoms with E-state index in [0.717, 1.165) is 0 Å². The molecule has 1 rings (SSSR count). The third-order valence-corrected chi connectivity index (χ3v) is 2.43. The van der Waals surface area contributed by atoms with Gasteiger partial charge in [-0.15, -0.1) is 11.6 Å². The molecule has 104 valence electrons. The molecule has 2 N–H and O–H groups in total. The normalized spacial score (nSPS) is 10.9. The number of nitrogens with one attached hydrogen (secondary N) is 2. The van der Waals surface area contributed by atoms with Gasteiger partial charge >= 0.3 is 0 Å². The minimum Gasteiger partial charge on any atom is -0.347 e. The molecule has 0 spiro atoms. The minimum atomic E-state index is -0.273. The molecule has 0 heterocycles. The molecular weight excluding hydrogens is 264 g/mol. The van der Waals surface area contributed by atoms with Crippen LogP contribution in [-0.2, 0) is 4.79 Å². The first-order chi connectivity index (χ1) is 8.81. The fourth-order valence-electron chi connectivity index (χ4n) is 1.43. The molecule has 0 saturated carbocycles. The average molecular weight is 283 g/mol. The van der Waals surface area contributed by atoms with Gasteiger partial charge < -0.3 is 10.6 Å². The summed E-state index contributed by atoms with van der Waals surface area (Å²) in [6.07, 6.45) is 0.272. The second kappa shape index (κ2) is 6.57. The number of amides is 2. The maximum atomic E-state index is 11.9. The van der Waals surface area contributed by atoms with Gasteiger partial charge in [-0.3, -0.25) is 9.59 Å². The molecule has 0 bridgehead atoms. The van der Waals surface area contributed by atoms with Gasteiger partial charge in [0.2, 0.25) is 5.91 Å². The third kappa shape index (κ3) is 5.75. The fourth-order valence-corrected chi connectivity index (χ4v) is 1.60. The van der Waals surface area contributed by atoms with E-state index in [1.165, 1.54) is 0 Å². The highest BCUT2D eigenvalue weighted by atomic mass is 35.5. The van der Waals surface area contributed by atoms with Gasteiger partial charge in [0.25, 0.3) is 5.91 Å². The van der Waals surface area contributed by atoms with E-state index in [0.29, 0.717) is 11.3 Å². The van der Waals surface area contributed by atoms with Crippen molar-refractivity contribution in [3.8, 4) is 0 Å². The Morgan fingerprint density at radius 1 is 1.16 bits per heavy atom. The van der Waals surface area contributed by atoms with E-state index in [9.17, 15) is 9.59 Å². The summed E-state index contributed by atoms with van der Waals surface area (Å²) in [4.78, 5) is 23.2. The van der Waals surface area contributed by atoms with Crippen molar-refractivity contribution in [2.75, 3.05) is 11.2 Å². The zero-order valence-electron chi connectivity index (χ0n) is 11.4. The molecule has 0 atom stereocenters. The number of hydrogen-bond donors (Lipinski definition) is 2. The lowest BCUT2D eigenvalue weighted by atomic mass is 10.1. The van der Waals surface area contributed by atoms with Crippen molar-refractivity contribution >= 4 is 29.1 Å². The van der Waals surface area contributed by atoms with E-state index in [1.54, 1.807) is 24.3 Å². The van der Waals surface area contributed by atoms with Crippen molar-refractivity contribution in [2.24, 2.45) is 0 Å². The molecular formula is C14H19ClN2O2. The molecule has 0 unspecified atom stereocenters. The van der Waals surface area contributed by atoms with Crippen molar-refractivity contribution in [3.05, 3.63) is 29.8 Å². The van der Waals surface area contributed by atoms with Crippen molar-refractivity contribution in [1.29, 1.82) is 0 Å². The van der Waals surface area contributed by atoms with Gasteiger partial charge in [0, 0.05) is 29.1 Å². The molecule has 2 amide bonds. The minimum absolute atomic E-state index is 0.133. The Kier molecular flexibility index (Phi) is 5.36. The lowest BCUT2D eigenvalue weighted by Gasteiger charge is -2.20. The van der Waals surface area contributed by atoms with E-state index in [4.69, 9.17) is 11.6 Å². The number of hydrogen-bond acceptors (Lipinski definition) is 2. The van der Waals surface area contributed by atoms with Gasteiger partial charge in [-0.2, -0.15) is 0 Å². The first-order valence-electron chi connectivity index (χ1n) is 6.10. The number of benzene rings is 1. The van der Waals surface area contributed by atoms with Gasteiger partial charge in [0.1, 0.15) is 0 Å². The predicted octanol–water partition coefficient (Wildman–Crippen LogP) is 2.78. The second-order valence-corrected chi connectivity index (χ2v) is 5.65. The summed E-state index contributed by atoms with van der Waals surface area (Å²) in [6.45, 7) is 5.77. The predicted molar refractivity (Wildman–Crippen MR) is 77.6 cm³/mol. The maximum Gasteiger partial charge on any atom is 0.251 e. The van der Waals surface area contributed by atoms with Crippen molar-refractivity contribution in [2.45, 2.75) is 32.7 Å². The summed E-state index contributed by atoms with van der Waals surface area (Å²) in [5, 5.41) is 5.57. The molecule has 0 saturated heterocycles. The van der Waals surface area contributed by atoms with Gasteiger partial charge in [0.15, 0.2) is 0 Å². The molecule has 1 aromatic rings. The molecule has 4 nitrogen and oxygen atoms in total. The topological polar surface area (TPSA) is 58.2 Å². The molecule has 0 radical (unpaired) electrons. The van der Waals surface area contributed by atoms with E-state index in [2.05, 4.69) is 10.6 Å². The quantitative estimate of drug-likeness (QED) is 0.834. The first kappa shape index (κ1) is 15.5. The summed E-state index contributed by atoms with van der Waals surface area (Å²) in [5.74, 6) is 0.0192. The van der Waals surface area contributed by atoms with Crippen molar-refractivity contribution < 1.29 is 9.59 Å². The van der Waals surface area contributed by atoms with Crippen molar-refractivity contribution in [3.63, 3.8) is 0 Å². The van der Waals surface area contributed by atoms with Gasteiger partial charge in [-0.05, 0) is 45.0 Å². The fraction of sp³-hybridized carbons (Fsp3) is 0.429. The molecule has 19 heavy (non-hydrogen) atoms. The first-order valence-corrected chi connectivity index (χ1v) is 6.63. The van der Waals surface area contributed by atoms with Crippen LogP contribution in [0.5, 0.6) is 0 Å². The van der Waals surface area contributed by atoms with Crippen LogP contribution in [0.4, 0.5) is 5.69 Å². The van der Waals surface area contributed by atoms with Crippen LogP contribution in [0.1, 0.15) is 37.6 Å². The second-order valence-electron chi connectivity index (χ2n) is 5.27. The van der Waals surface area contributed by atoms with E-state index in [-0.39, 0.29) is 29.7 Å². The molecule has 1 aromatic carbocycles. The van der Waals surface area contributed by atoms with Crippen LogP contribution in [-0.4, -0.2) is 23.2 Å². The van der Waals surface area contributed by atoms with Crippen molar-refractivity contribution in [1.82, 2.24) is 5.32 Å². The number of halogens is 1. The molecule has 5 heteroatoms. The Morgan fingerprint density at radius 3 is 2.21 bits per heavy atom. The Balaban J connectivity index is 2.66. The Morgan fingerprint density at radius 2 is 1.74 bits per heavy atom. The van der Waals surface area contributed by atoms with Gasteiger partial charge in [0.05, 0.1) is 0 Å². The summed E-state index contributed by atoms with van der Waals surface area (Å²) in [7, 11) is 0. The SMILES string of the molecule is CC(C)(C)NC(=O)c1ccc(NC(=O)CCCl)cc1. The number of anilines is 1. The smallest absolute Gasteiger partial charge is 0.251 e. The molecule has 0 aromatic heterocycles. The van der Waals surface area contributed by atoms with Crippen LogP contribution in [0.15, 0.2) is 24.3 Å². The highest BCUT2D eigenvalue weighted by Crippen LogP contribution is 2.11. The van der Waals surface area contributed by atoms with Crippen LogP contribution in [0, 0.1) is 0 Å². The number of carbonyl (C=O) groups is 2. The average Bonchev–Trinajstić information content (AvgIpc) is 2.27. The molecule has 0 aliphatic carbocycles. The standard InChI is InChI=1S/C14H19ClN2O2/c1-14(2,3)17-13(19)10-4-6-11(7-5-10)16-12(18)8-9-15/h4-7H,8-9H2,1-3H3,(H,16,18)(H,17,19). The lowest BCUT2D eigenvalue weighted by molar-refractivity contribution is -0.115. The molecule has 0 aliphatic rings.